The predicted octanol–water partition coefficient (Wildman–Crippen LogP) is 3.11. The van der Waals surface area contributed by atoms with E-state index < -0.39 is 0 Å². The number of thioether (sulfide) groups is 1. The van der Waals surface area contributed by atoms with E-state index in [9.17, 15) is 0 Å². The molecule has 0 aliphatic heterocycles. The number of nitrogens with zero attached hydrogens (tertiary/aromatic N) is 4. The van der Waals surface area contributed by atoms with Gasteiger partial charge in [0.05, 0.1) is 5.75 Å². The van der Waals surface area contributed by atoms with Gasteiger partial charge in [-0.2, -0.15) is 4.98 Å². The van der Waals surface area contributed by atoms with Crippen LogP contribution in [0.15, 0.2) is 21.5 Å². The SMILES string of the molecule is C=CCNc1nnc(SCc2nc(C(C)(C)C)no2)s1. The molecule has 20 heavy (non-hydrogen) atoms. The van der Waals surface area contributed by atoms with Crippen LogP contribution in [-0.2, 0) is 11.2 Å². The van der Waals surface area contributed by atoms with E-state index in [1.54, 1.807) is 6.08 Å². The molecule has 0 aromatic carbocycles. The summed E-state index contributed by atoms with van der Waals surface area (Å²) < 4.78 is 6.10. The summed E-state index contributed by atoms with van der Waals surface area (Å²) >= 11 is 3.03. The van der Waals surface area contributed by atoms with E-state index in [0.717, 1.165) is 15.3 Å². The molecule has 0 amide bonds. The van der Waals surface area contributed by atoms with E-state index in [4.69, 9.17) is 4.52 Å². The first-order valence-electron chi connectivity index (χ1n) is 6.13. The number of hydrogen-bond donors (Lipinski definition) is 1. The third-order valence-corrected chi connectivity index (χ3v) is 4.26. The molecule has 0 fully saturated rings. The Kier molecular flexibility index (Phi) is 4.77. The van der Waals surface area contributed by atoms with Gasteiger partial charge in [0.2, 0.25) is 11.0 Å². The lowest BCUT2D eigenvalue weighted by Crippen LogP contribution is -2.13. The van der Waals surface area contributed by atoms with Crippen molar-refractivity contribution >= 4 is 28.2 Å². The van der Waals surface area contributed by atoms with Crippen molar-refractivity contribution in [3.05, 3.63) is 24.4 Å². The number of anilines is 1. The number of nitrogens with one attached hydrogen (secondary N) is 1. The predicted molar refractivity (Wildman–Crippen MR) is 81.2 cm³/mol. The van der Waals surface area contributed by atoms with Gasteiger partial charge in [0, 0.05) is 12.0 Å². The average Bonchev–Trinajstić information content (AvgIpc) is 3.02. The van der Waals surface area contributed by atoms with E-state index >= 15 is 0 Å². The maximum absolute atomic E-state index is 5.23. The van der Waals surface area contributed by atoms with Crippen molar-refractivity contribution < 1.29 is 4.52 Å². The summed E-state index contributed by atoms with van der Waals surface area (Å²) in [5, 5.41) is 16.0. The Morgan fingerprint density at radius 2 is 2.20 bits per heavy atom. The van der Waals surface area contributed by atoms with E-state index in [0.29, 0.717) is 18.2 Å². The van der Waals surface area contributed by atoms with Gasteiger partial charge < -0.3 is 9.84 Å². The zero-order chi connectivity index (χ0) is 14.6. The lowest BCUT2D eigenvalue weighted by atomic mass is 9.96. The van der Waals surface area contributed by atoms with Gasteiger partial charge in [0.1, 0.15) is 0 Å². The van der Waals surface area contributed by atoms with Gasteiger partial charge in [-0.25, -0.2) is 0 Å². The van der Waals surface area contributed by atoms with Crippen molar-refractivity contribution in [2.75, 3.05) is 11.9 Å². The summed E-state index contributed by atoms with van der Waals surface area (Å²) in [7, 11) is 0. The van der Waals surface area contributed by atoms with E-state index in [1.807, 2.05) is 0 Å². The third-order valence-electron chi connectivity index (χ3n) is 2.26. The number of rotatable bonds is 6. The van der Waals surface area contributed by atoms with Crippen LogP contribution in [0.3, 0.4) is 0 Å². The van der Waals surface area contributed by atoms with Crippen LogP contribution < -0.4 is 5.32 Å². The van der Waals surface area contributed by atoms with Crippen LogP contribution in [0.5, 0.6) is 0 Å². The Labute approximate surface area is 126 Å². The zero-order valence-corrected chi connectivity index (χ0v) is 13.3. The molecule has 2 heterocycles. The largest absolute Gasteiger partial charge is 0.357 e. The lowest BCUT2D eigenvalue weighted by Gasteiger charge is -2.10. The van der Waals surface area contributed by atoms with Crippen LogP contribution in [0, 0.1) is 0 Å². The Balaban J connectivity index is 1.90. The molecule has 1 N–H and O–H groups in total. The number of hydrogen-bond acceptors (Lipinski definition) is 8. The summed E-state index contributed by atoms with van der Waals surface area (Å²) in [4.78, 5) is 4.38. The summed E-state index contributed by atoms with van der Waals surface area (Å²) in [6.07, 6.45) is 1.78. The van der Waals surface area contributed by atoms with Crippen molar-refractivity contribution in [1.29, 1.82) is 0 Å². The van der Waals surface area contributed by atoms with Crippen LogP contribution in [0.1, 0.15) is 32.5 Å². The second-order valence-corrected chi connectivity index (χ2v) is 7.29. The molecular weight excluding hydrogens is 294 g/mol. The second kappa shape index (κ2) is 6.36. The summed E-state index contributed by atoms with van der Waals surface area (Å²) in [5.41, 5.74) is -0.100. The van der Waals surface area contributed by atoms with E-state index in [2.05, 4.69) is 53.0 Å². The fourth-order valence-corrected chi connectivity index (χ4v) is 2.84. The van der Waals surface area contributed by atoms with Crippen LogP contribution in [0.25, 0.3) is 0 Å². The molecule has 6 nitrogen and oxygen atoms in total. The maximum atomic E-state index is 5.23. The van der Waals surface area contributed by atoms with Crippen LogP contribution in [0.2, 0.25) is 0 Å². The normalized spacial score (nSPS) is 11.6. The van der Waals surface area contributed by atoms with Crippen molar-refractivity contribution in [3.63, 3.8) is 0 Å². The first kappa shape index (κ1) is 15.0. The van der Waals surface area contributed by atoms with E-state index in [1.165, 1.54) is 23.1 Å². The first-order chi connectivity index (χ1) is 9.49. The first-order valence-corrected chi connectivity index (χ1v) is 7.93. The Bertz CT molecular complexity index is 572. The Morgan fingerprint density at radius 3 is 2.85 bits per heavy atom. The van der Waals surface area contributed by atoms with Crippen molar-refractivity contribution in [2.45, 2.75) is 36.3 Å². The Morgan fingerprint density at radius 1 is 1.40 bits per heavy atom. The molecule has 0 unspecified atom stereocenters. The highest BCUT2D eigenvalue weighted by Gasteiger charge is 2.21. The summed E-state index contributed by atoms with van der Waals surface area (Å²) in [6, 6.07) is 0. The molecule has 8 heteroatoms. The topological polar surface area (TPSA) is 76.7 Å². The van der Waals surface area contributed by atoms with E-state index in [-0.39, 0.29) is 5.41 Å². The standard InChI is InChI=1S/C12H17N5OS2/c1-5-6-13-10-15-16-11(20-10)19-7-8-14-9(17-18-8)12(2,3)4/h5H,1,6-7H2,2-4H3,(H,13,15). The van der Waals surface area contributed by atoms with Crippen LogP contribution in [0.4, 0.5) is 5.13 Å². The van der Waals surface area contributed by atoms with Gasteiger partial charge >= 0.3 is 0 Å². The minimum absolute atomic E-state index is 0.100. The number of aromatic nitrogens is 4. The fourth-order valence-electron chi connectivity index (χ4n) is 1.24. The lowest BCUT2D eigenvalue weighted by molar-refractivity contribution is 0.373. The molecule has 2 aromatic rings. The smallest absolute Gasteiger partial charge is 0.237 e. The van der Waals surface area contributed by atoms with Crippen molar-refractivity contribution in [3.8, 4) is 0 Å². The zero-order valence-electron chi connectivity index (χ0n) is 11.7. The molecule has 0 aliphatic rings. The monoisotopic (exact) mass is 311 g/mol. The van der Waals surface area contributed by atoms with Gasteiger partial charge in [0.25, 0.3) is 0 Å². The van der Waals surface area contributed by atoms with Crippen molar-refractivity contribution in [1.82, 2.24) is 20.3 Å². The van der Waals surface area contributed by atoms with Gasteiger partial charge in [0.15, 0.2) is 10.2 Å². The van der Waals surface area contributed by atoms with Crippen molar-refractivity contribution in [2.24, 2.45) is 0 Å². The molecule has 0 aliphatic carbocycles. The quantitative estimate of drug-likeness (QED) is 0.648. The highest BCUT2D eigenvalue weighted by atomic mass is 32.2. The molecule has 0 atom stereocenters. The molecule has 108 valence electrons. The highest BCUT2D eigenvalue weighted by molar-refractivity contribution is 8.00. The Hall–Kier alpha value is -1.41. The average molecular weight is 311 g/mol. The molecule has 0 saturated carbocycles. The van der Waals surface area contributed by atoms with Crippen LogP contribution in [-0.4, -0.2) is 26.9 Å². The van der Waals surface area contributed by atoms with Gasteiger partial charge in [-0.05, 0) is 0 Å². The molecule has 0 bridgehead atoms. The minimum atomic E-state index is -0.100. The molecule has 0 radical (unpaired) electrons. The second-order valence-electron chi connectivity index (χ2n) is 5.09. The minimum Gasteiger partial charge on any atom is -0.357 e. The molecule has 2 aromatic heterocycles. The molecule has 0 spiro atoms. The maximum Gasteiger partial charge on any atom is 0.237 e. The summed E-state index contributed by atoms with van der Waals surface area (Å²) in [5.74, 6) is 1.92. The third kappa shape index (κ3) is 4.04. The van der Waals surface area contributed by atoms with Gasteiger partial charge in [-0.15, -0.1) is 16.8 Å². The fraction of sp³-hybridized carbons (Fsp3) is 0.500. The molecule has 2 rings (SSSR count). The van der Waals surface area contributed by atoms with Crippen LogP contribution >= 0.6 is 23.1 Å². The highest BCUT2D eigenvalue weighted by Crippen LogP contribution is 2.28. The molecular formula is C12H17N5OS2. The summed E-state index contributed by atoms with van der Waals surface area (Å²) in [6.45, 7) is 10.5. The molecule has 0 saturated heterocycles. The van der Waals surface area contributed by atoms with Gasteiger partial charge in [-0.1, -0.05) is 55.1 Å². The van der Waals surface area contributed by atoms with Gasteiger partial charge in [-0.3, -0.25) is 0 Å².